The Morgan fingerprint density at radius 1 is 1.41 bits per heavy atom. The summed E-state index contributed by atoms with van der Waals surface area (Å²) in [6.45, 7) is 3.92. The largest absolute Gasteiger partial charge is 0.352 e. The number of hydrogen-bond donors (Lipinski definition) is 1. The lowest BCUT2D eigenvalue weighted by molar-refractivity contribution is -0.122. The van der Waals surface area contributed by atoms with E-state index in [1.165, 1.54) is 0 Å². The Labute approximate surface area is 106 Å². The first-order valence-corrected chi connectivity index (χ1v) is 6.72. The fourth-order valence-electron chi connectivity index (χ4n) is 1.63. The molecule has 1 unspecified atom stereocenters. The first kappa shape index (κ1) is 12.2. The first-order valence-electron chi connectivity index (χ1n) is 5.73. The minimum atomic E-state index is -0.238. The maximum Gasteiger partial charge on any atom is 0.245 e. The number of thioether (sulfide) groups is 1. The second-order valence-electron chi connectivity index (χ2n) is 4.29. The predicted molar refractivity (Wildman–Crippen MR) is 72.5 cm³/mol. The second kappa shape index (κ2) is 5.36. The Morgan fingerprint density at radius 3 is 2.76 bits per heavy atom. The number of hydrogen-bond acceptors (Lipinski definition) is 3. The molecule has 1 aliphatic heterocycles. The predicted octanol–water partition coefficient (Wildman–Crippen LogP) is 2.07. The monoisotopic (exact) mass is 248 g/mol. The standard InChI is InChI=1S/C13H16N2OS/c1-9(2)14-12(16)11-8-17-13(15-11)10-6-4-3-5-7-10/h3-7,9,11H,8H2,1-2H3,(H,14,16). The van der Waals surface area contributed by atoms with Crippen molar-refractivity contribution < 1.29 is 4.79 Å². The van der Waals surface area contributed by atoms with Gasteiger partial charge in [0.15, 0.2) is 0 Å². The summed E-state index contributed by atoms with van der Waals surface area (Å²) in [6, 6.07) is 9.93. The van der Waals surface area contributed by atoms with Crippen LogP contribution in [0.3, 0.4) is 0 Å². The number of benzene rings is 1. The molecule has 1 amide bonds. The molecule has 0 saturated carbocycles. The number of aliphatic imine (C=N–C) groups is 1. The molecule has 1 aromatic rings. The summed E-state index contributed by atoms with van der Waals surface area (Å²) in [5.74, 6) is 0.765. The van der Waals surface area contributed by atoms with E-state index in [0.717, 1.165) is 16.4 Å². The van der Waals surface area contributed by atoms with Crippen LogP contribution in [0.1, 0.15) is 19.4 Å². The van der Waals surface area contributed by atoms with E-state index >= 15 is 0 Å². The Bertz CT molecular complexity index is 428. The molecule has 2 rings (SSSR count). The highest BCUT2D eigenvalue weighted by Crippen LogP contribution is 2.23. The zero-order valence-electron chi connectivity index (χ0n) is 10.0. The summed E-state index contributed by atoms with van der Waals surface area (Å²) >= 11 is 1.65. The molecule has 0 radical (unpaired) electrons. The average molecular weight is 248 g/mol. The number of carbonyl (C=O) groups excluding carboxylic acids is 1. The highest BCUT2D eigenvalue weighted by atomic mass is 32.2. The molecule has 1 aliphatic rings. The Hall–Kier alpha value is -1.29. The van der Waals surface area contributed by atoms with Crippen LogP contribution in [-0.4, -0.2) is 28.8 Å². The minimum absolute atomic E-state index is 0.0263. The van der Waals surface area contributed by atoms with Gasteiger partial charge in [-0.3, -0.25) is 9.79 Å². The molecule has 1 N–H and O–H groups in total. The van der Waals surface area contributed by atoms with Crippen molar-refractivity contribution in [2.45, 2.75) is 25.9 Å². The molecular weight excluding hydrogens is 232 g/mol. The number of rotatable bonds is 3. The summed E-state index contributed by atoms with van der Waals surface area (Å²) in [5, 5.41) is 3.86. The van der Waals surface area contributed by atoms with Gasteiger partial charge in [-0.05, 0) is 13.8 Å². The zero-order valence-corrected chi connectivity index (χ0v) is 10.8. The molecule has 90 valence electrons. The smallest absolute Gasteiger partial charge is 0.245 e. The maximum atomic E-state index is 11.8. The van der Waals surface area contributed by atoms with Crippen LogP contribution in [0, 0.1) is 0 Å². The van der Waals surface area contributed by atoms with E-state index in [-0.39, 0.29) is 18.0 Å². The fraction of sp³-hybridized carbons (Fsp3) is 0.385. The lowest BCUT2D eigenvalue weighted by Gasteiger charge is -2.10. The molecule has 0 aliphatic carbocycles. The van der Waals surface area contributed by atoms with Gasteiger partial charge in [-0.2, -0.15) is 0 Å². The summed E-state index contributed by atoms with van der Waals surface area (Å²) in [6.07, 6.45) is 0. The molecule has 0 bridgehead atoms. The van der Waals surface area contributed by atoms with Crippen LogP contribution in [-0.2, 0) is 4.79 Å². The van der Waals surface area contributed by atoms with Crippen molar-refractivity contribution in [1.82, 2.24) is 5.32 Å². The van der Waals surface area contributed by atoms with Gasteiger partial charge in [0.25, 0.3) is 0 Å². The molecule has 0 saturated heterocycles. The third-order valence-electron chi connectivity index (χ3n) is 2.41. The van der Waals surface area contributed by atoms with Crippen LogP contribution in [0.5, 0.6) is 0 Å². The van der Waals surface area contributed by atoms with Gasteiger partial charge >= 0.3 is 0 Å². The number of nitrogens with one attached hydrogen (secondary N) is 1. The lowest BCUT2D eigenvalue weighted by Crippen LogP contribution is -2.38. The third kappa shape index (κ3) is 3.09. The van der Waals surface area contributed by atoms with E-state index in [4.69, 9.17) is 0 Å². The van der Waals surface area contributed by atoms with E-state index < -0.39 is 0 Å². The van der Waals surface area contributed by atoms with E-state index in [9.17, 15) is 4.79 Å². The second-order valence-corrected chi connectivity index (χ2v) is 5.30. The maximum absolute atomic E-state index is 11.8. The number of amides is 1. The van der Waals surface area contributed by atoms with Crippen LogP contribution in [0.15, 0.2) is 35.3 Å². The van der Waals surface area contributed by atoms with Gasteiger partial charge in [0.2, 0.25) is 5.91 Å². The van der Waals surface area contributed by atoms with Crippen molar-refractivity contribution >= 4 is 22.7 Å². The van der Waals surface area contributed by atoms with Gasteiger partial charge in [0.05, 0.1) is 5.04 Å². The van der Waals surface area contributed by atoms with Crippen molar-refractivity contribution in [3.63, 3.8) is 0 Å². The van der Waals surface area contributed by atoms with Gasteiger partial charge < -0.3 is 5.32 Å². The van der Waals surface area contributed by atoms with E-state index in [1.54, 1.807) is 11.8 Å². The van der Waals surface area contributed by atoms with Gasteiger partial charge in [-0.15, -0.1) is 11.8 Å². The topological polar surface area (TPSA) is 41.5 Å². The minimum Gasteiger partial charge on any atom is -0.352 e. The van der Waals surface area contributed by atoms with Crippen molar-refractivity contribution in [1.29, 1.82) is 0 Å². The summed E-state index contributed by atoms with van der Waals surface area (Å²) in [4.78, 5) is 16.3. The highest BCUT2D eigenvalue weighted by molar-refractivity contribution is 8.14. The van der Waals surface area contributed by atoms with Gasteiger partial charge in [0.1, 0.15) is 6.04 Å². The summed E-state index contributed by atoms with van der Waals surface area (Å²) < 4.78 is 0. The quantitative estimate of drug-likeness (QED) is 0.889. The van der Waals surface area contributed by atoms with Crippen molar-refractivity contribution in [2.75, 3.05) is 5.75 Å². The van der Waals surface area contributed by atoms with Crippen molar-refractivity contribution in [3.8, 4) is 0 Å². The van der Waals surface area contributed by atoms with E-state index in [0.29, 0.717) is 0 Å². The molecule has 4 heteroatoms. The lowest BCUT2D eigenvalue weighted by atomic mass is 10.2. The number of nitrogens with zero attached hydrogens (tertiary/aromatic N) is 1. The molecule has 1 aromatic carbocycles. The zero-order chi connectivity index (χ0) is 12.3. The molecule has 0 fully saturated rings. The van der Waals surface area contributed by atoms with Crippen LogP contribution >= 0.6 is 11.8 Å². The normalized spacial score (nSPS) is 19.2. The van der Waals surface area contributed by atoms with Crippen LogP contribution < -0.4 is 5.32 Å². The van der Waals surface area contributed by atoms with Gasteiger partial charge in [-0.25, -0.2) is 0 Å². The Balaban J connectivity index is 2.07. The van der Waals surface area contributed by atoms with E-state index in [1.807, 2.05) is 44.2 Å². The summed E-state index contributed by atoms with van der Waals surface area (Å²) in [7, 11) is 0. The molecule has 1 heterocycles. The molecule has 0 aromatic heterocycles. The summed E-state index contributed by atoms with van der Waals surface area (Å²) in [5.41, 5.74) is 1.09. The molecule has 1 atom stereocenters. The molecule has 17 heavy (non-hydrogen) atoms. The van der Waals surface area contributed by atoms with Crippen molar-refractivity contribution in [3.05, 3.63) is 35.9 Å². The highest BCUT2D eigenvalue weighted by Gasteiger charge is 2.25. The first-order chi connectivity index (χ1) is 8.16. The molecule has 3 nitrogen and oxygen atoms in total. The Kier molecular flexibility index (Phi) is 3.84. The average Bonchev–Trinajstić information content (AvgIpc) is 2.78. The van der Waals surface area contributed by atoms with E-state index in [2.05, 4.69) is 10.3 Å². The Morgan fingerprint density at radius 2 is 2.12 bits per heavy atom. The van der Waals surface area contributed by atoms with Crippen LogP contribution in [0.2, 0.25) is 0 Å². The SMILES string of the molecule is CC(C)NC(=O)C1CSC(c2ccccc2)=N1. The van der Waals surface area contributed by atoms with Crippen LogP contribution in [0.4, 0.5) is 0 Å². The van der Waals surface area contributed by atoms with Crippen LogP contribution in [0.25, 0.3) is 0 Å². The fourth-order valence-corrected chi connectivity index (χ4v) is 2.67. The number of carbonyl (C=O) groups is 1. The third-order valence-corrected chi connectivity index (χ3v) is 3.50. The molecular formula is C13H16N2OS. The van der Waals surface area contributed by atoms with Crippen molar-refractivity contribution in [2.24, 2.45) is 4.99 Å². The molecule has 0 spiro atoms. The van der Waals surface area contributed by atoms with Gasteiger partial charge in [-0.1, -0.05) is 30.3 Å². The van der Waals surface area contributed by atoms with Gasteiger partial charge in [0, 0.05) is 17.4 Å².